The van der Waals surface area contributed by atoms with E-state index in [4.69, 9.17) is 14.2 Å². The largest absolute Gasteiger partial charge is 0.491 e. The van der Waals surface area contributed by atoms with Gasteiger partial charge in [-0.1, -0.05) is 15.9 Å². The van der Waals surface area contributed by atoms with Crippen molar-refractivity contribution in [3.63, 3.8) is 0 Å². The molecule has 1 saturated heterocycles. The Labute approximate surface area is 135 Å². The lowest BCUT2D eigenvalue weighted by atomic mass is 10.1. The molecule has 1 heterocycles. The minimum absolute atomic E-state index is 0.233. The van der Waals surface area contributed by atoms with Gasteiger partial charge in [-0.2, -0.15) is 0 Å². The molecule has 0 aromatic heterocycles. The van der Waals surface area contributed by atoms with Crippen LogP contribution < -0.4 is 10.1 Å². The molecule has 1 aliphatic rings. The second kappa shape index (κ2) is 9.41. The molecule has 1 aromatic rings. The maximum Gasteiger partial charge on any atom is 0.124 e. The molecule has 5 heteroatoms. The zero-order chi connectivity index (χ0) is 14.9. The first kappa shape index (κ1) is 16.7. The lowest BCUT2D eigenvalue weighted by molar-refractivity contribution is -0.0112. The molecule has 2 rings (SSSR count). The second-order valence-electron chi connectivity index (χ2n) is 5.22. The molecule has 0 amide bonds. The normalized spacial score (nSPS) is 18.7. The third-order valence-corrected chi connectivity index (χ3v) is 4.01. The van der Waals surface area contributed by atoms with Gasteiger partial charge in [0.1, 0.15) is 12.4 Å². The van der Waals surface area contributed by atoms with Crippen LogP contribution in [0, 0.1) is 0 Å². The standard InChI is InChI=1S/C16H24BrNO3/c1-19-9-7-18-11-13-10-14(17)5-6-16(13)21-12-15-4-2-3-8-20-15/h5-6,10,15,18H,2-4,7-9,11-12H2,1H3. The maximum absolute atomic E-state index is 5.97. The molecule has 21 heavy (non-hydrogen) atoms. The Kier molecular flexibility index (Phi) is 7.50. The topological polar surface area (TPSA) is 39.7 Å². The van der Waals surface area contributed by atoms with Crippen molar-refractivity contribution < 1.29 is 14.2 Å². The molecular weight excluding hydrogens is 334 g/mol. The maximum atomic E-state index is 5.97. The average molecular weight is 358 g/mol. The van der Waals surface area contributed by atoms with Crippen LogP contribution in [0.25, 0.3) is 0 Å². The second-order valence-corrected chi connectivity index (χ2v) is 6.14. The third-order valence-electron chi connectivity index (χ3n) is 3.52. The van der Waals surface area contributed by atoms with Crippen LogP contribution in [0.2, 0.25) is 0 Å². The van der Waals surface area contributed by atoms with Crippen LogP contribution in [0.15, 0.2) is 22.7 Å². The fourth-order valence-electron chi connectivity index (χ4n) is 2.35. The van der Waals surface area contributed by atoms with Gasteiger partial charge < -0.3 is 19.5 Å². The van der Waals surface area contributed by atoms with Gasteiger partial charge in [0, 0.05) is 36.8 Å². The first-order valence-electron chi connectivity index (χ1n) is 7.52. The number of ether oxygens (including phenoxy) is 3. The zero-order valence-corrected chi connectivity index (χ0v) is 14.2. The smallest absolute Gasteiger partial charge is 0.124 e. The van der Waals surface area contributed by atoms with Crippen LogP contribution in [0.1, 0.15) is 24.8 Å². The lowest BCUT2D eigenvalue weighted by Gasteiger charge is -2.23. The number of nitrogens with one attached hydrogen (secondary N) is 1. The molecule has 118 valence electrons. The summed E-state index contributed by atoms with van der Waals surface area (Å²) in [4.78, 5) is 0. The van der Waals surface area contributed by atoms with Crippen molar-refractivity contribution in [2.75, 3.05) is 33.5 Å². The van der Waals surface area contributed by atoms with Gasteiger partial charge in [-0.15, -0.1) is 0 Å². The third kappa shape index (κ3) is 5.94. The summed E-state index contributed by atoms with van der Waals surface area (Å²) in [5.41, 5.74) is 1.15. The summed E-state index contributed by atoms with van der Waals surface area (Å²) < 4.78 is 17.8. The number of hydrogen-bond acceptors (Lipinski definition) is 4. The van der Waals surface area contributed by atoms with Crippen molar-refractivity contribution in [3.05, 3.63) is 28.2 Å². The summed E-state index contributed by atoms with van der Waals surface area (Å²) in [6.07, 6.45) is 3.73. The highest BCUT2D eigenvalue weighted by atomic mass is 79.9. The zero-order valence-electron chi connectivity index (χ0n) is 12.6. The van der Waals surface area contributed by atoms with Crippen molar-refractivity contribution in [2.45, 2.75) is 31.9 Å². The molecule has 1 atom stereocenters. The van der Waals surface area contributed by atoms with Crippen molar-refractivity contribution in [3.8, 4) is 5.75 Å². The van der Waals surface area contributed by atoms with E-state index in [2.05, 4.69) is 27.3 Å². The molecule has 0 aliphatic carbocycles. The van der Waals surface area contributed by atoms with Crippen molar-refractivity contribution in [1.29, 1.82) is 0 Å². The Morgan fingerprint density at radius 3 is 3.05 bits per heavy atom. The van der Waals surface area contributed by atoms with Crippen LogP contribution in [0.5, 0.6) is 5.75 Å². The van der Waals surface area contributed by atoms with Gasteiger partial charge in [0.05, 0.1) is 12.7 Å². The van der Waals surface area contributed by atoms with Gasteiger partial charge in [-0.05, 0) is 37.5 Å². The summed E-state index contributed by atoms with van der Waals surface area (Å²) >= 11 is 3.51. The average Bonchev–Trinajstić information content (AvgIpc) is 2.52. The molecule has 4 nitrogen and oxygen atoms in total. The molecule has 1 unspecified atom stereocenters. The molecular formula is C16H24BrNO3. The van der Waals surface area contributed by atoms with Gasteiger partial charge in [-0.25, -0.2) is 0 Å². The number of benzene rings is 1. The van der Waals surface area contributed by atoms with E-state index in [0.717, 1.165) is 41.9 Å². The van der Waals surface area contributed by atoms with E-state index in [-0.39, 0.29) is 6.10 Å². The van der Waals surface area contributed by atoms with Crippen molar-refractivity contribution >= 4 is 15.9 Å². The Morgan fingerprint density at radius 1 is 1.38 bits per heavy atom. The predicted molar refractivity (Wildman–Crippen MR) is 86.8 cm³/mol. The molecule has 0 radical (unpaired) electrons. The summed E-state index contributed by atoms with van der Waals surface area (Å²) in [6.45, 7) is 3.80. The number of rotatable bonds is 8. The number of methoxy groups -OCH3 is 1. The van der Waals surface area contributed by atoms with Crippen LogP contribution in [0.3, 0.4) is 0 Å². The summed E-state index contributed by atoms with van der Waals surface area (Å²) in [6, 6.07) is 6.12. The molecule has 0 bridgehead atoms. The van der Waals surface area contributed by atoms with Crippen LogP contribution in [-0.2, 0) is 16.0 Å². The monoisotopic (exact) mass is 357 g/mol. The molecule has 1 fully saturated rings. The van der Waals surface area contributed by atoms with Crippen molar-refractivity contribution in [2.24, 2.45) is 0 Å². The summed E-state index contributed by atoms with van der Waals surface area (Å²) in [5, 5.41) is 3.35. The van der Waals surface area contributed by atoms with E-state index in [1.165, 1.54) is 12.8 Å². The summed E-state index contributed by atoms with van der Waals surface area (Å²) in [5.74, 6) is 0.928. The first-order chi connectivity index (χ1) is 10.3. The Hall–Kier alpha value is -0.620. The fourth-order valence-corrected chi connectivity index (χ4v) is 2.75. The Morgan fingerprint density at radius 2 is 2.29 bits per heavy atom. The molecule has 0 spiro atoms. The Balaban J connectivity index is 1.87. The Bertz CT molecular complexity index is 422. The van der Waals surface area contributed by atoms with E-state index in [9.17, 15) is 0 Å². The molecule has 1 N–H and O–H groups in total. The van der Waals surface area contributed by atoms with Crippen LogP contribution in [-0.4, -0.2) is 39.6 Å². The van der Waals surface area contributed by atoms with Gasteiger partial charge in [0.15, 0.2) is 0 Å². The van der Waals surface area contributed by atoms with Gasteiger partial charge >= 0.3 is 0 Å². The predicted octanol–water partition coefficient (Wildman–Crippen LogP) is 3.13. The first-order valence-corrected chi connectivity index (χ1v) is 8.31. The molecule has 1 aromatic carbocycles. The van der Waals surface area contributed by atoms with Gasteiger partial charge in [0.25, 0.3) is 0 Å². The molecule has 1 aliphatic heterocycles. The van der Waals surface area contributed by atoms with E-state index in [1.54, 1.807) is 7.11 Å². The SMILES string of the molecule is COCCNCc1cc(Br)ccc1OCC1CCCCO1. The summed E-state index contributed by atoms with van der Waals surface area (Å²) in [7, 11) is 1.71. The van der Waals surface area contributed by atoms with E-state index in [0.29, 0.717) is 13.2 Å². The van der Waals surface area contributed by atoms with E-state index in [1.807, 2.05) is 12.1 Å². The lowest BCUT2D eigenvalue weighted by Crippen LogP contribution is -2.26. The molecule has 0 saturated carbocycles. The quantitative estimate of drug-likeness (QED) is 0.725. The van der Waals surface area contributed by atoms with Gasteiger partial charge in [0.2, 0.25) is 0 Å². The van der Waals surface area contributed by atoms with Crippen LogP contribution in [0.4, 0.5) is 0 Å². The number of halogens is 1. The highest BCUT2D eigenvalue weighted by Gasteiger charge is 2.15. The van der Waals surface area contributed by atoms with E-state index < -0.39 is 0 Å². The highest BCUT2D eigenvalue weighted by molar-refractivity contribution is 9.10. The minimum Gasteiger partial charge on any atom is -0.491 e. The van der Waals surface area contributed by atoms with Crippen molar-refractivity contribution in [1.82, 2.24) is 5.32 Å². The highest BCUT2D eigenvalue weighted by Crippen LogP contribution is 2.24. The van der Waals surface area contributed by atoms with E-state index >= 15 is 0 Å². The number of hydrogen-bond donors (Lipinski definition) is 1. The fraction of sp³-hybridized carbons (Fsp3) is 0.625. The van der Waals surface area contributed by atoms with Crippen LogP contribution >= 0.6 is 15.9 Å². The van der Waals surface area contributed by atoms with Gasteiger partial charge in [-0.3, -0.25) is 0 Å². The minimum atomic E-state index is 0.233.